The third kappa shape index (κ3) is 7.94. The molecular formula is C15H26O2. The van der Waals surface area contributed by atoms with E-state index in [1.54, 1.807) is 13.8 Å². The Labute approximate surface area is 105 Å². The number of aliphatic hydroxyl groups is 2. The van der Waals surface area contributed by atoms with Crippen LogP contribution in [-0.4, -0.2) is 21.9 Å². The maximum absolute atomic E-state index is 9.68. The summed E-state index contributed by atoms with van der Waals surface area (Å²) in [4.78, 5) is 0. The smallest absolute Gasteiger partial charge is 0.0849 e. The lowest BCUT2D eigenvalue weighted by molar-refractivity contribution is -0.0509. The van der Waals surface area contributed by atoms with E-state index in [9.17, 15) is 10.2 Å². The summed E-state index contributed by atoms with van der Waals surface area (Å²) in [6.07, 6.45) is 7.72. The molecule has 0 aromatic heterocycles. The number of aliphatic hydroxyl groups excluding tert-OH is 1. The van der Waals surface area contributed by atoms with E-state index in [1.165, 1.54) is 11.1 Å². The summed E-state index contributed by atoms with van der Waals surface area (Å²) in [6.45, 7) is 11.0. The lowest BCUT2D eigenvalue weighted by Crippen LogP contribution is -2.35. The van der Waals surface area contributed by atoms with Crippen LogP contribution in [0, 0.1) is 0 Å². The zero-order valence-electron chi connectivity index (χ0n) is 11.5. The molecule has 0 aliphatic carbocycles. The van der Waals surface area contributed by atoms with E-state index in [4.69, 9.17) is 0 Å². The molecule has 0 amide bonds. The molecule has 17 heavy (non-hydrogen) atoms. The molecule has 2 N–H and O–H groups in total. The van der Waals surface area contributed by atoms with Gasteiger partial charge in [-0.1, -0.05) is 36.0 Å². The van der Waals surface area contributed by atoms with Gasteiger partial charge in [0.25, 0.3) is 0 Å². The summed E-state index contributed by atoms with van der Waals surface area (Å²) in [5.41, 5.74) is 1.39. The minimum Gasteiger partial charge on any atom is -0.390 e. The van der Waals surface area contributed by atoms with Crippen molar-refractivity contribution >= 4 is 0 Å². The Morgan fingerprint density at radius 3 is 2.35 bits per heavy atom. The normalized spacial score (nSPS) is 15.9. The highest BCUT2D eigenvalue weighted by Crippen LogP contribution is 2.16. The summed E-state index contributed by atoms with van der Waals surface area (Å²) < 4.78 is 0. The first-order valence-corrected chi connectivity index (χ1v) is 6.12. The van der Waals surface area contributed by atoms with E-state index in [1.807, 2.05) is 19.9 Å². The van der Waals surface area contributed by atoms with E-state index >= 15 is 0 Å². The number of hydrogen-bond donors (Lipinski definition) is 2. The van der Waals surface area contributed by atoms with E-state index in [2.05, 4.69) is 18.7 Å². The Kier molecular flexibility index (Phi) is 7.09. The van der Waals surface area contributed by atoms with Gasteiger partial charge in [0, 0.05) is 0 Å². The molecule has 98 valence electrons. The van der Waals surface area contributed by atoms with Gasteiger partial charge >= 0.3 is 0 Å². The van der Waals surface area contributed by atoms with Gasteiger partial charge in [-0.3, -0.25) is 0 Å². The van der Waals surface area contributed by atoms with Crippen LogP contribution in [0.15, 0.2) is 36.0 Å². The second-order valence-corrected chi connectivity index (χ2v) is 5.15. The molecule has 0 bridgehead atoms. The van der Waals surface area contributed by atoms with Crippen molar-refractivity contribution in [1.82, 2.24) is 0 Å². The second-order valence-electron chi connectivity index (χ2n) is 5.15. The van der Waals surface area contributed by atoms with Crippen LogP contribution in [0.2, 0.25) is 0 Å². The van der Waals surface area contributed by atoms with Crippen LogP contribution in [0.3, 0.4) is 0 Å². The van der Waals surface area contributed by atoms with Crippen molar-refractivity contribution < 1.29 is 10.2 Å². The minimum atomic E-state index is -1.01. The molecule has 0 aromatic rings. The van der Waals surface area contributed by atoms with Crippen molar-refractivity contribution in [2.24, 2.45) is 0 Å². The molecule has 0 aromatic carbocycles. The minimum absolute atomic E-state index is 0.593. The lowest BCUT2D eigenvalue weighted by atomic mass is 9.95. The molecular weight excluding hydrogens is 212 g/mol. The maximum atomic E-state index is 9.68. The topological polar surface area (TPSA) is 40.5 Å². The Balaban J connectivity index is 4.06. The molecule has 2 heteroatoms. The first-order valence-electron chi connectivity index (χ1n) is 6.12. The average Bonchev–Trinajstić information content (AvgIpc) is 2.24. The Morgan fingerprint density at radius 1 is 1.29 bits per heavy atom. The first-order chi connectivity index (χ1) is 7.77. The van der Waals surface area contributed by atoms with Crippen LogP contribution in [0.5, 0.6) is 0 Å². The summed E-state index contributed by atoms with van der Waals surface area (Å²) in [7, 11) is 0. The maximum Gasteiger partial charge on any atom is 0.0849 e. The standard InChI is InChI=1S/C15H26O2/c1-6-12(2)8-7-9-13(3)10-11-14(16)15(4,5)17/h6,8-9,14,16-17H,1,7,10-11H2,2-5H3/b12-8+,13-9+/t14-/m1/s1. The van der Waals surface area contributed by atoms with E-state index < -0.39 is 11.7 Å². The van der Waals surface area contributed by atoms with Crippen LogP contribution < -0.4 is 0 Å². The largest absolute Gasteiger partial charge is 0.390 e. The van der Waals surface area contributed by atoms with Gasteiger partial charge in [-0.2, -0.15) is 0 Å². The summed E-state index contributed by atoms with van der Waals surface area (Å²) in [6, 6.07) is 0. The molecule has 0 radical (unpaired) electrons. The molecule has 0 rings (SSSR count). The zero-order valence-corrected chi connectivity index (χ0v) is 11.5. The first kappa shape index (κ1) is 16.1. The SMILES string of the molecule is C=C/C(C)=C/C/C=C(\C)CC[C@@H](O)C(C)(C)O. The molecule has 2 nitrogen and oxygen atoms in total. The quantitative estimate of drug-likeness (QED) is 0.527. The Hall–Kier alpha value is -0.860. The second kappa shape index (κ2) is 7.46. The molecule has 0 unspecified atom stereocenters. The Morgan fingerprint density at radius 2 is 1.88 bits per heavy atom. The molecule has 0 aliphatic heterocycles. The fourth-order valence-corrected chi connectivity index (χ4v) is 1.35. The average molecular weight is 238 g/mol. The van der Waals surface area contributed by atoms with Gasteiger partial charge in [-0.25, -0.2) is 0 Å². The summed E-state index contributed by atoms with van der Waals surface area (Å²) in [5, 5.41) is 19.3. The fraction of sp³-hybridized carbons (Fsp3) is 0.600. The van der Waals surface area contributed by atoms with Crippen molar-refractivity contribution in [2.75, 3.05) is 0 Å². The summed E-state index contributed by atoms with van der Waals surface area (Å²) >= 11 is 0. The highest BCUT2D eigenvalue weighted by molar-refractivity contribution is 5.15. The van der Waals surface area contributed by atoms with Crippen LogP contribution >= 0.6 is 0 Å². The lowest BCUT2D eigenvalue weighted by Gasteiger charge is -2.24. The molecule has 0 saturated carbocycles. The van der Waals surface area contributed by atoms with Crippen molar-refractivity contribution in [1.29, 1.82) is 0 Å². The predicted octanol–water partition coefficient (Wildman–Crippen LogP) is 3.37. The molecule has 0 fully saturated rings. The van der Waals surface area contributed by atoms with Gasteiger partial charge in [0.15, 0.2) is 0 Å². The van der Waals surface area contributed by atoms with E-state index in [0.29, 0.717) is 6.42 Å². The van der Waals surface area contributed by atoms with E-state index in [0.717, 1.165) is 12.8 Å². The van der Waals surface area contributed by atoms with Crippen LogP contribution in [0.1, 0.15) is 47.0 Å². The number of rotatable bonds is 7. The van der Waals surface area contributed by atoms with Crippen molar-refractivity contribution in [3.8, 4) is 0 Å². The van der Waals surface area contributed by atoms with Gasteiger partial charge in [-0.15, -0.1) is 0 Å². The van der Waals surface area contributed by atoms with Crippen molar-refractivity contribution in [3.05, 3.63) is 36.0 Å². The zero-order chi connectivity index (χ0) is 13.5. The number of allylic oxidation sites excluding steroid dienone is 5. The molecule has 0 aliphatic rings. The summed E-state index contributed by atoms with van der Waals surface area (Å²) in [5.74, 6) is 0. The van der Waals surface area contributed by atoms with Gasteiger partial charge in [0.1, 0.15) is 0 Å². The van der Waals surface area contributed by atoms with Crippen molar-refractivity contribution in [2.45, 2.75) is 58.7 Å². The molecule has 0 heterocycles. The third-order valence-corrected chi connectivity index (χ3v) is 2.86. The van der Waals surface area contributed by atoms with Gasteiger partial charge in [0.05, 0.1) is 11.7 Å². The van der Waals surface area contributed by atoms with Gasteiger partial charge < -0.3 is 10.2 Å². The molecule has 1 atom stereocenters. The highest BCUT2D eigenvalue weighted by atomic mass is 16.3. The number of hydrogen-bond acceptors (Lipinski definition) is 2. The van der Waals surface area contributed by atoms with Crippen molar-refractivity contribution in [3.63, 3.8) is 0 Å². The monoisotopic (exact) mass is 238 g/mol. The Bertz CT molecular complexity index is 293. The van der Waals surface area contributed by atoms with Gasteiger partial charge in [0.2, 0.25) is 0 Å². The predicted molar refractivity (Wildman–Crippen MR) is 73.9 cm³/mol. The third-order valence-electron chi connectivity index (χ3n) is 2.86. The van der Waals surface area contributed by atoms with Gasteiger partial charge in [-0.05, 0) is 47.0 Å². The van der Waals surface area contributed by atoms with Crippen LogP contribution in [0.25, 0.3) is 0 Å². The molecule has 0 saturated heterocycles. The van der Waals surface area contributed by atoms with E-state index in [-0.39, 0.29) is 0 Å². The van der Waals surface area contributed by atoms with Crippen LogP contribution in [-0.2, 0) is 0 Å². The van der Waals surface area contributed by atoms with Crippen LogP contribution in [0.4, 0.5) is 0 Å². The fourth-order valence-electron chi connectivity index (χ4n) is 1.35. The highest BCUT2D eigenvalue weighted by Gasteiger charge is 2.23. The molecule has 0 spiro atoms.